The molecule has 1 heterocycles. The maximum atomic E-state index is 12.3. The van der Waals surface area contributed by atoms with Crippen LogP contribution in [0.15, 0.2) is 30.6 Å². The van der Waals surface area contributed by atoms with Gasteiger partial charge in [0.2, 0.25) is 5.95 Å². The van der Waals surface area contributed by atoms with Crippen LogP contribution < -0.4 is 10.6 Å². The summed E-state index contributed by atoms with van der Waals surface area (Å²) in [7, 11) is 5.22. The Bertz CT molecular complexity index is 780. The largest absolute Gasteiger partial charge is 0.465 e. The zero-order valence-corrected chi connectivity index (χ0v) is 15.5. The Morgan fingerprint density at radius 1 is 1.19 bits per heavy atom. The van der Waals surface area contributed by atoms with E-state index in [2.05, 4.69) is 25.3 Å². The van der Waals surface area contributed by atoms with E-state index in [-0.39, 0.29) is 11.1 Å². The van der Waals surface area contributed by atoms with Gasteiger partial charge in [-0.25, -0.2) is 14.8 Å². The third-order valence-electron chi connectivity index (χ3n) is 3.39. The van der Waals surface area contributed by atoms with Crippen LogP contribution in [0, 0.1) is 0 Å². The van der Waals surface area contributed by atoms with Gasteiger partial charge in [-0.1, -0.05) is 11.6 Å². The highest BCUT2D eigenvalue weighted by molar-refractivity contribution is 6.34. The van der Waals surface area contributed by atoms with Crippen LogP contribution >= 0.6 is 11.6 Å². The second-order valence-electron chi connectivity index (χ2n) is 5.67. The second kappa shape index (κ2) is 9.12. The lowest BCUT2D eigenvalue weighted by molar-refractivity contribution is 0.0600. The number of ether oxygens (including phenoxy) is 1. The minimum Gasteiger partial charge on any atom is -0.465 e. The molecule has 0 bridgehead atoms. The predicted octanol–water partition coefficient (Wildman–Crippen LogP) is 2.14. The van der Waals surface area contributed by atoms with Crippen molar-refractivity contribution in [3.63, 3.8) is 0 Å². The molecule has 1 amide bonds. The molecule has 0 radical (unpaired) electrons. The minimum absolute atomic E-state index is 0.266. The molecule has 0 saturated carbocycles. The van der Waals surface area contributed by atoms with Gasteiger partial charge in [0, 0.05) is 25.5 Å². The lowest BCUT2D eigenvalue weighted by Gasteiger charge is -2.11. The van der Waals surface area contributed by atoms with Gasteiger partial charge in [0.25, 0.3) is 5.91 Å². The van der Waals surface area contributed by atoms with Crippen molar-refractivity contribution >= 4 is 35.1 Å². The van der Waals surface area contributed by atoms with Crippen molar-refractivity contribution in [2.24, 2.45) is 0 Å². The van der Waals surface area contributed by atoms with Gasteiger partial charge in [-0.15, -0.1) is 0 Å². The van der Waals surface area contributed by atoms with Gasteiger partial charge in [0.1, 0.15) is 0 Å². The van der Waals surface area contributed by atoms with E-state index in [1.54, 1.807) is 0 Å². The summed E-state index contributed by atoms with van der Waals surface area (Å²) in [6.45, 7) is 1.52. The van der Waals surface area contributed by atoms with Crippen molar-refractivity contribution in [3.05, 3.63) is 46.7 Å². The van der Waals surface area contributed by atoms with Crippen LogP contribution in [0.5, 0.6) is 0 Å². The van der Waals surface area contributed by atoms with Crippen LogP contribution in [-0.4, -0.2) is 61.0 Å². The van der Waals surface area contributed by atoms with Gasteiger partial charge in [-0.2, -0.15) is 0 Å². The van der Waals surface area contributed by atoms with Gasteiger partial charge in [-0.05, 0) is 32.3 Å². The van der Waals surface area contributed by atoms with E-state index < -0.39 is 11.9 Å². The van der Waals surface area contributed by atoms with E-state index in [1.165, 1.54) is 37.7 Å². The monoisotopic (exact) mass is 377 g/mol. The number of methoxy groups -OCH3 is 1. The van der Waals surface area contributed by atoms with Crippen molar-refractivity contribution < 1.29 is 14.3 Å². The standard InChI is InChI=1S/C17H20ClN5O3/c1-23(2)7-6-19-17-20-9-12(10-21-17)15(24)22-14-8-11(16(25)26-3)4-5-13(14)18/h4-5,8-10H,6-7H2,1-3H3,(H,22,24)(H,19,20,21). The van der Waals surface area contributed by atoms with Crippen molar-refractivity contribution in [2.45, 2.75) is 0 Å². The van der Waals surface area contributed by atoms with Gasteiger partial charge >= 0.3 is 5.97 Å². The number of amides is 1. The molecule has 0 fully saturated rings. The third-order valence-corrected chi connectivity index (χ3v) is 3.72. The average Bonchev–Trinajstić information content (AvgIpc) is 2.63. The highest BCUT2D eigenvalue weighted by atomic mass is 35.5. The molecule has 0 spiro atoms. The molecule has 0 unspecified atom stereocenters. The van der Waals surface area contributed by atoms with Crippen LogP contribution in [0.3, 0.4) is 0 Å². The molecule has 0 saturated heterocycles. The molecule has 2 aromatic rings. The molecular formula is C17H20ClN5O3. The van der Waals surface area contributed by atoms with Crippen LogP contribution in [0.4, 0.5) is 11.6 Å². The number of rotatable bonds is 7. The first-order chi connectivity index (χ1) is 12.4. The maximum Gasteiger partial charge on any atom is 0.337 e. The summed E-state index contributed by atoms with van der Waals surface area (Å²) in [5.74, 6) is -0.517. The summed E-state index contributed by atoms with van der Waals surface area (Å²) in [6.07, 6.45) is 2.83. The summed E-state index contributed by atoms with van der Waals surface area (Å²) < 4.78 is 4.66. The number of benzene rings is 1. The number of hydrogen-bond acceptors (Lipinski definition) is 7. The Morgan fingerprint density at radius 3 is 2.50 bits per heavy atom. The molecule has 0 aliphatic carbocycles. The zero-order valence-electron chi connectivity index (χ0n) is 14.7. The van der Waals surface area contributed by atoms with Gasteiger partial charge in [0.05, 0.1) is 28.9 Å². The number of carbonyl (C=O) groups excluding carboxylic acids is 2. The number of nitrogens with one attached hydrogen (secondary N) is 2. The molecule has 2 N–H and O–H groups in total. The number of esters is 1. The molecule has 8 nitrogen and oxygen atoms in total. The van der Waals surface area contributed by atoms with Crippen LogP contribution in [0.1, 0.15) is 20.7 Å². The zero-order chi connectivity index (χ0) is 19.1. The Labute approximate surface area is 156 Å². The van der Waals surface area contributed by atoms with Crippen LogP contribution in [0.2, 0.25) is 5.02 Å². The molecule has 1 aromatic heterocycles. The van der Waals surface area contributed by atoms with E-state index in [9.17, 15) is 9.59 Å². The molecule has 9 heteroatoms. The number of nitrogens with zero attached hydrogens (tertiary/aromatic N) is 3. The quantitative estimate of drug-likeness (QED) is 0.713. The first kappa shape index (κ1) is 19.6. The molecule has 0 aliphatic rings. The van der Waals surface area contributed by atoms with E-state index in [4.69, 9.17) is 11.6 Å². The number of hydrogen-bond donors (Lipinski definition) is 2. The number of carbonyl (C=O) groups is 2. The van der Waals surface area contributed by atoms with E-state index >= 15 is 0 Å². The van der Waals surface area contributed by atoms with Crippen molar-refractivity contribution in [3.8, 4) is 0 Å². The predicted molar refractivity (Wildman–Crippen MR) is 99.8 cm³/mol. The van der Waals surface area contributed by atoms with E-state index in [1.807, 2.05) is 19.0 Å². The summed E-state index contributed by atoms with van der Waals surface area (Å²) in [6, 6.07) is 4.48. The third kappa shape index (κ3) is 5.40. The lowest BCUT2D eigenvalue weighted by atomic mass is 10.2. The minimum atomic E-state index is -0.520. The van der Waals surface area contributed by atoms with E-state index in [0.717, 1.165) is 6.54 Å². The highest BCUT2D eigenvalue weighted by Gasteiger charge is 2.13. The SMILES string of the molecule is COC(=O)c1ccc(Cl)c(NC(=O)c2cnc(NCCN(C)C)nc2)c1. The van der Waals surface area contributed by atoms with Gasteiger partial charge in [0.15, 0.2) is 0 Å². The topological polar surface area (TPSA) is 96.4 Å². The number of likely N-dealkylation sites (N-methyl/N-ethyl adjacent to an activating group) is 1. The molecule has 1 aromatic carbocycles. The number of halogens is 1. The molecule has 2 rings (SSSR count). The molecule has 138 valence electrons. The normalized spacial score (nSPS) is 10.5. The maximum absolute atomic E-state index is 12.3. The Kier molecular flexibility index (Phi) is 6.88. The lowest BCUT2D eigenvalue weighted by Crippen LogP contribution is -2.21. The summed E-state index contributed by atoms with van der Waals surface area (Å²) in [5, 5.41) is 6.00. The number of anilines is 2. The Balaban J connectivity index is 2.04. The Hall–Kier alpha value is -2.71. The van der Waals surface area contributed by atoms with Gasteiger partial charge < -0.3 is 20.3 Å². The fourth-order valence-corrected chi connectivity index (χ4v) is 2.15. The average molecular weight is 378 g/mol. The van der Waals surface area contributed by atoms with Crippen LogP contribution in [0.25, 0.3) is 0 Å². The highest BCUT2D eigenvalue weighted by Crippen LogP contribution is 2.24. The fraction of sp³-hybridized carbons (Fsp3) is 0.294. The summed E-state index contributed by atoms with van der Waals surface area (Å²) in [4.78, 5) is 34.2. The smallest absolute Gasteiger partial charge is 0.337 e. The summed E-state index contributed by atoms with van der Waals surface area (Å²) >= 11 is 6.07. The summed E-state index contributed by atoms with van der Waals surface area (Å²) in [5.41, 5.74) is 0.847. The van der Waals surface area contributed by atoms with E-state index in [0.29, 0.717) is 23.2 Å². The Morgan fingerprint density at radius 2 is 1.88 bits per heavy atom. The first-order valence-corrected chi connectivity index (χ1v) is 8.18. The van der Waals surface area contributed by atoms with Gasteiger partial charge in [-0.3, -0.25) is 4.79 Å². The second-order valence-corrected chi connectivity index (χ2v) is 6.07. The van der Waals surface area contributed by atoms with Crippen molar-refractivity contribution in [1.82, 2.24) is 14.9 Å². The molecule has 0 aliphatic heterocycles. The van der Waals surface area contributed by atoms with Crippen molar-refractivity contribution in [1.29, 1.82) is 0 Å². The van der Waals surface area contributed by atoms with Crippen LogP contribution in [-0.2, 0) is 4.74 Å². The first-order valence-electron chi connectivity index (χ1n) is 7.80. The number of aromatic nitrogens is 2. The molecular weight excluding hydrogens is 358 g/mol. The molecule has 0 atom stereocenters. The fourth-order valence-electron chi connectivity index (χ4n) is 1.99. The molecule has 26 heavy (non-hydrogen) atoms. The van der Waals surface area contributed by atoms with Crippen molar-refractivity contribution in [2.75, 3.05) is 44.9 Å².